The number of rotatable bonds is 7. The topological polar surface area (TPSA) is 103 Å². The molecule has 2 N–H and O–H groups in total. The Kier molecular flexibility index (Phi) is 7.44. The third-order valence-electron chi connectivity index (χ3n) is 6.54. The van der Waals surface area contributed by atoms with E-state index in [1.54, 1.807) is 12.1 Å². The zero-order valence-corrected chi connectivity index (χ0v) is 22.5. The first kappa shape index (κ1) is 25.9. The SMILES string of the molecule is O=C(O)CCCC(=O)N1N=C(c2c(-c3ccccc3)c3cc(Br)ccc3[nH]c2=O)CC1c1ccccc1Cl. The fraction of sp³-hybridized carbons (Fsp3) is 0.172. The summed E-state index contributed by atoms with van der Waals surface area (Å²) < 4.78 is 0.859. The number of carbonyl (C=O) groups excluding carboxylic acids is 1. The van der Waals surface area contributed by atoms with Crippen molar-refractivity contribution in [2.24, 2.45) is 5.10 Å². The number of carboxylic acid groups (broad SMARTS) is 1. The van der Waals surface area contributed by atoms with E-state index in [1.807, 2.05) is 60.7 Å². The number of hydrogen-bond donors (Lipinski definition) is 2. The van der Waals surface area contributed by atoms with Gasteiger partial charge in [0.1, 0.15) is 0 Å². The lowest BCUT2D eigenvalue weighted by Gasteiger charge is -2.22. The summed E-state index contributed by atoms with van der Waals surface area (Å²) in [7, 11) is 0. The van der Waals surface area contributed by atoms with Crippen molar-refractivity contribution in [3.63, 3.8) is 0 Å². The molecule has 1 atom stereocenters. The van der Waals surface area contributed by atoms with E-state index in [4.69, 9.17) is 21.8 Å². The summed E-state index contributed by atoms with van der Waals surface area (Å²) in [6.07, 6.45) is 0.350. The van der Waals surface area contributed by atoms with Gasteiger partial charge in [0, 0.05) is 45.2 Å². The first-order valence-electron chi connectivity index (χ1n) is 12.1. The monoisotopic (exact) mass is 591 g/mol. The number of benzene rings is 3. The van der Waals surface area contributed by atoms with Gasteiger partial charge in [0.15, 0.2) is 0 Å². The number of nitrogens with zero attached hydrogens (tertiary/aromatic N) is 2. The summed E-state index contributed by atoms with van der Waals surface area (Å²) in [6.45, 7) is 0. The summed E-state index contributed by atoms with van der Waals surface area (Å²) in [5.41, 5.74) is 3.51. The normalized spacial score (nSPS) is 15.1. The fourth-order valence-corrected chi connectivity index (χ4v) is 5.45. The zero-order valence-electron chi connectivity index (χ0n) is 20.2. The van der Waals surface area contributed by atoms with E-state index >= 15 is 0 Å². The molecule has 38 heavy (non-hydrogen) atoms. The number of amides is 1. The van der Waals surface area contributed by atoms with Gasteiger partial charge in [-0.2, -0.15) is 5.10 Å². The summed E-state index contributed by atoms with van der Waals surface area (Å²) in [6, 6.07) is 22.0. The molecule has 3 aromatic carbocycles. The van der Waals surface area contributed by atoms with E-state index in [9.17, 15) is 14.4 Å². The van der Waals surface area contributed by atoms with Gasteiger partial charge < -0.3 is 10.1 Å². The highest BCUT2D eigenvalue weighted by atomic mass is 79.9. The third kappa shape index (κ3) is 5.14. The Bertz CT molecular complexity index is 1630. The third-order valence-corrected chi connectivity index (χ3v) is 7.38. The van der Waals surface area contributed by atoms with Crippen LogP contribution in [0.4, 0.5) is 0 Å². The van der Waals surface area contributed by atoms with E-state index < -0.39 is 12.0 Å². The van der Waals surface area contributed by atoms with Crippen molar-refractivity contribution in [1.29, 1.82) is 0 Å². The van der Waals surface area contributed by atoms with E-state index in [1.165, 1.54) is 5.01 Å². The highest BCUT2D eigenvalue weighted by Crippen LogP contribution is 2.39. The van der Waals surface area contributed by atoms with Crippen molar-refractivity contribution in [2.75, 3.05) is 0 Å². The van der Waals surface area contributed by atoms with Crippen molar-refractivity contribution < 1.29 is 14.7 Å². The number of H-pyrrole nitrogens is 1. The van der Waals surface area contributed by atoms with Gasteiger partial charge in [0.05, 0.1) is 17.3 Å². The Hall–Kier alpha value is -3.75. The van der Waals surface area contributed by atoms with Crippen molar-refractivity contribution in [3.05, 3.63) is 104 Å². The molecule has 0 bridgehead atoms. The van der Waals surface area contributed by atoms with Crippen molar-refractivity contribution in [1.82, 2.24) is 9.99 Å². The molecule has 0 aliphatic carbocycles. The molecule has 192 valence electrons. The van der Waals surface area contributed by atoms with Crippen LogP contribution >= 0.6 is 27.5 Å². The number of pyridine rings is 1. The van der Waals surface area contributed by atoms with Gasteiger partial charge in [-0.3, -0.25) is 14.4 Å². The molecule has 0 spiro atoms. The van der Waals surface area contributed by atoms with Crippen molar-refractivity contribution >= 4 is 56.0 Å². The molecular weight excluding hydrogens is 570 g/mol. The number of fused-ring (bicyclic) bond motifs is 1. The molecule has 1 aromatic heterocycles. The van der Waals surface area contributed by atoms with Crippen LogP contribution in [0.25, 0.3) is 22.0 Å². The Balaban J connectivity index is 1.68. The largest absolute Gasteiger partial charge is 0.481 e. The zero-order chi connectivity index (χ0) is 26.8. The minimum Gasteiger partial charge on any atom is -0.481 e. The first-order valence-corrected chi connectivity index (χ1v) is 13.3. The summed E-state index contributed by atoms with van der Waals surface area (Å²) >= 11 is 10.1. The lowest BCUT2D eigenvalue weighted by molar-refractivity contribution is -0.137. The maximum Gasteiger partial charge on any atom is 0.303 e. The van der Waals surface area contributed by atoms with Gasteiger partial charge in [-0.05, 0) is 41.8 Å². The number of carbonyl (C=O) groups is 2. The number of hydrogen-bond acceptors (Lipinski definition) is 4. The van der Waals surface area contributed by atoms with Gasteiger partial charge in [0.2, 0.25) is 5.91 Å². The number of carboxylic acids is 1. The van der Waals surface area contributed by atoms with E-state index in [-0.39, 0.29) is 37.1 Å². The summed E-state index contributed by atoms with van der Waals surface area (Å²) in [5, 5.41) is 16.4. The lowest BCUT2D eigenvalue weighted by Crippen LogP contribution is -2.27. The van der Waals surface area contributed by atoms with Crippen LogP contribution in [0.2, 0.25) is 5.02 Å². The van der Waals surface area contributed by atoms with Crippen LogP contribution in [-0.4, -0.2) is 32.7 Å². The van der Waals surface area contributed by atoms with Gasteiger partial charge in [0.25, 0.3) is 5.56 Å². The molecule has 9 heteroatoms. The fourth-order valence-electron chi connectivity index (χ4n) is 4.83. The Morgan fingerprint density at radius 1 is 1.03 bits per heavy atom. The lowest BCUT2D eigenvalue weighted by atomic mass is 9.91. The van der Waals surface area contributed by atoms with Crippen LogP contribution < -0.4 is 5.56 Å². The second-order valence-electron chi connectivity index (χ2n) is 9.03. The maximum atomic E-state index is 13.6. The van der Waals surface area contributed by atoms with Crippen LogP contribution in [0.1, 0.15) is 42.9 Å². The van der Waals surface area contributed by atoms with Gasteiger partial charge in [-0.25, -0.2) is 5.01 Å². The minimum absolute atomic E-state index is 0.0105. The molecule has 1 unspecified atom stereocenters. The van der Waals surface area contributed by atoms with Crippen LogP contribution in [0, 0.1) is 0 Å². The number of nitrogens with one attached hydrogen (secondary N) is 1. The Labute approximate surface area is 231 Å². The first-order chi connectivity index (χ1) is 18.3. The average molecular weight is 593 g/mol. The van der Waals surface area contributed by atoms with Crippen LogP contribution in [0.3, 0.4) is 0 Å². The molecule has 2 heterocycles. The van der Waals surface area contributed by atoms with Crippen LogP contribution in [0.15, 0.2) is 87.2 Å². The van der Waals surface area contributed by atoms with E-state index in [0.29, 0.717) is 27.4 Å². The molecule has 1 aliphatic heterocycles. The summed E-state index contributed by atoms with van der Waals surface area (Å²) in [5.74, 6) is -1.29. The predicted molar refractivity (Wildman–Crippen MR) is 151 cm³/mol. The molecular formula is C29H23BrClN3O4. The van der Waals surface area contributed by atoms with E-state index in [2.05, 4.69) is 20.9 Å². The minimum atomic E-state index is -0.965. The molecule has 0 fully saturated rings. The molecule has 0 saturated heterocycles. The van der Waals surface area contributed by atoms with Crippen molar-refractivity contribution in [2.45, 2.75) is 31.7 Å². The quantitative estimate of drug-likeness (QED) is 0.254. The predicted octanol–water partition coefficient (Wildman–Crippen LogP) is 6.54. The molecule has 0 saturated carbocycles. The molecule has 4 aromatic rings. The number of aromatic amines is 1. The molecule has 1 aliphatic rings. The molecule has 5 rings (SSSR count). The van der Waals surface area contributed by atoms with Crippen LogP contribution in [-0.2, 0) is 9.59 Å². The number of hydrazone groups is 1. The Morgan fingerprint density at radius 3 is 2.50 bits per heavy atom. The number of aliphatic carboxylic acids is 1. The van der Waals surface area contributed by atoms with Crippen LogP contribution in [0.5, 0.6) is 0 Å². The standard InChI is InChI=1S/C29H23BrClN3O4/c30-18-13-14-22-20(15-18)27(17-7-2-1-3-8-17)28(29(38)32-22)23-16-24(19-9-4-5-10-21(19)31)34(33-23)25(35)11-6-12-26(36)37/h1-5,7-10,13-15,24H,6,11-12,16H2,(H,32,38)(H,36,37). The number of aromatic nitrogens is 1. The molecule has 7 nitrogen and oxygen atoms in total. The molecule has 0 radical (unpaired) electrons. The number of halogens is 2. The highest BCUT2D eigenvalue weighted by molar-refractivity contribution is 9.10. The summed E-state index contributed by atoms with van der Waals surface area (Å²) in [4.78, 5) is 40.9. The van der Waals surface area contributed by atoms with Gasteiger partial charge in [-0.15, -0.1) is 0 Å². The van der Waals surface area contributed by atoms with Crippen molar-refractivity contribution in [3.8, 4) is 11.1 Å². The van der Waals surface area contributed by atoms with Gasteiger partial charge in [-0.1, -0.05) is 76.1 Å². The van der Waals surface area contributed by atoms with Gasteiger partial charge >= 0.3 is 5.97 Å². The Morgan fingerprint density at radius 2 is 1.76 bits per heavy atom. The van der Waals surface area contributed by atoms with E-state index in [0.717, 1.165) is 21.0 Å². The second kappa shape index (κ2) is 10.9. The maximum absolute atomic E-state index is 13.6. The smallest absolute Gasteiger partial charge is 0.303 e. The average Bonchev–Trinajstić information content (AvgIpc) is 3.33. The second-order valence-corrected chi connectivity index (χ2v) is 10.4. The highest BCUT2D eigenvalue weighted by Gasteiger charge is 2.36. The molecule has 1 amide bonds.